The first kappa shape index (κ1) is 20.9. The second kappa shape index (κ2) is 8.79. The summed E-state index contributed by atoms with van der Waals surface area (Å²) in [5.74, 6) is 0.302. The van der Waals surface area contributed by atoms with Crippen molar-refractivity contribution in [1.29, 1.82) is 0 Å². The van der Waals surface area contributed by atoms with Gasteiger partial charge < -0.3 is 10.3 Å². The molecule has 9 heteroatoms. The second-order valence-corrected chi connectivity index (χ2v) is 9.07. The summed E-state index contributed by atoms with van der Waals surface area (Å²) in [6, 6.07) is 5.32. The average Bonchev–Trinajstić information content (AvgIpc) is 3.39. The molecule has 0 saturated heterocycles. The minimum absolute atomic E-state index is 0.195. The molecule has 0 radical (unpaired) electrons. The van der Waals surface area contributed by atoms with Crippen molar-refractivity contribution in [3.05, 3.63) is 56.2 Å². The molecule has 156 valence electrons. The fraction of sp³-hybridized carbons (Fsp3) is 0.286. The molecule has 0 bridgehead atoms. The number of fused-ring (bicyclic) bond motifs is 2. The first-order chi connectivity index (χ1) is 14.4. The molecule has 6 nitrogen and oxygen atoms in total. The zero-order chi connectivity index (χ0) is 21.3. The maximum atomic E-state index is 12.7. The van der Waals surface area contributed by atoms with Crippen molar-refractivity contribution in [2.75, 3.05) is 10.6 Å². The number of allylic oxidation sites excluding steroid dienone is 3. The third-order valence-corrected chi connectivity index (χ3v) is 6.38. The zero-order valence-corrected chi connectivity index (χ0v) is 18.9. The van der Waals surface area contributed by atoms with Crippen molar-refractivity contribution in [2.45, 2.75) is 39.5 Å². The molecule has 1 aliphatic rings. The number of hydrogen-bond acceptors (Lipinski definition) is 5. The number of nitrogens with zero attached hydrogens (tertiary/aromatic N) is 2. The van der Waals surface area contributed by atoms with Gasteiger partial charge in [-0.1, -0.05) is 36.2 Å². The molecular formula is C21H21Cl2N5OS. The molecule has 3 N–H and O–H groups in total. The van der Waals surface area contributed by atoms with E-state index in [9.17, 15) is 4.79 Å². The summed E-state index contributed by atoms with van der Waals surface area (Å²) in [6.45, 7) is 3.76. The van der Waals surface area contributed by atoms with E-state index in [1.165, 1.54) is 4.88 Å². The lowest BCUT2D eigenvalue weighted by Gasteiger charge is -2.08. The Morgan fingerprint density at radius 3 is 2.83 bits per heavy atom. The predicted octanol–water partition coefficient (Wildman–Crippen LogP) is 6.18. The number of hydrogen-bond donors (Lipinski definition) is 3. The molecule has 1 amide bonds. The lowest BCUT2D eigenvalue weighted by molar-refractivity contribution is 0.102. The molecule has 3 aromatic rings. The van der Waals surface area contributed by atoms with Gasteiger partial charge in [0.25, 0.3) is 5.91 Å². The van der Waals surface area contributed by atoms with E-state index in [1.807, 2.05) is 13.0 Å². The highest BCUT2D eigenvalue weighted by Gasteiger charge is 2.18. The number of imidazole rings is 1. The quantitative estimate of drug-likeness (QED) is 0.383. The van der Waals surface area contributed by atoms with Crippen LogP contribution in [0.3, 0.4) is 0 Å². The fourth-order valence-corrected chi connectivity index (χ4v) is 4.92. The number of anilines is 2. The monoisotopic (exact) mass is 461 g/mol. The van der Waals surface area contributed by atoms with E-state index in [0.29, 0.717) is 32.4 Å². The minimum atomic E-state index is -0.195. The SMILES string of the molecule is CC/C=C(Cl)\C(Nc1nc2ccc(C(=O)Nc3nc4c(s3)CCC4)cc2[nH]1)=C(/C)Cl. The van der Waals surface area contributed by atoms with Gasteiger partial charge in [0.1, 0.15) is 0 Å². The Labute approximate surface area is 188 Å². The standard InChI is InChI=1S/C21H21Cl2N5OS/c1-3-5-13(23)18(11(2)22)27-20-24-14-9-8-12(10-16(14)25-20)19(29)28-21-26-15-6-4-7-17(15)30-21/h5,8-10H,3-4,6-7H2,1-2H3,(H2,24,25,27)(H,26,28,29)/b13-5+,18-11-. The van der Waals surface area contributed by atoms with E-state index in [2.05, 4.69) is 25.6 Å². The van der Waals surface area contributed by atoms with Gasteiger partial charge in [0, 0.05) is 15.5 Å². The van der Waals surface area contributed by atoms with E-state index in [1.54, 1.807) is 36.5 Å². The number of carbonyl (C=O) groups is 1. The second-order valence-electron chi connectivity index (χ2n) is 7.01. The highest BCUT2D eigenvalue weighted by atomic mass is 35.5. The molecule has 0 fully saturated rings. The third-order valence-electron chi connectivity index (χ3n) is 4.77. The highest BCUT2D eigenvalue weighted by molar-refractivity contribution is 7.16. The largest absolute Gasteiger partial charge is 0.324 e. The van der Waals surface area contributed by atoms with Crippen molar-refractivity contribution in [2.24, 2.45) is 0 Å². The summed E-state index contributed by atoms with van der Waals surface area (Å²) in [7, 11) is 0. The Morgan fingerprint density at radius 1 is 1.27 bits per heavy atom. The molecule has 0 spiro atoms. The maximum absolute atomic E-state index is 12.7. The van der Waals surface area contributed by atoms with Crippen molar-refractivity contribution in [3.8, 4) is 0 Å². The van der Waals surface area contributed by atoms with Crippen molar-refractivity contribution in [3.63, 3.8) is 0 Å². The topological polar surface area (TPSA) is 82.7 Å². The Balaban J connectivity index is 1.53. The average molecular weight is 462 g/mol. The number of benzene rings is 1. The van der Waals surface area contributed by atoms with Crippen molar-refractivity contribution < 1.29 is 4.79 Å². The summed E-state index contributed by atoms with van der Waals surface area (Å²) in [6.07, 6.45) is 5.85. The molecular weight excluding hydrogens is 441 g/mol. The molecule has 30 heavy (non-hydrogen) atoms. The predicted molar refractivity (Wildman–Crippen MR) is 125 cm³/mol. The van der Waals surface area contributed by atoms with E-state index >= 15 is 0 Å². The molecule has 0 aliphatic heterocycles. The van der Waals surface area contributed by atoms with E-state index in [4.69, 9.17) is 23.2 Å². The van der Waals surface area contributed by atoms with Gasteiger partial charge in [-0.05, 0) is 50.8 Å². The minimum Gasteiger partial charge on any atom is -0.324 e. The van der Waals surface area contributed by atoms with Crippen LogP contribution in [0.25, 0.3) is 11.0 Å². The maximum Gasteiger partial charge on any atom is 0.257 e. The van der Waals surface area contributed by atoms with Crippen LogP contribution in [0.5, 0.6) is 0 Å². The molecule has 0 saturated carbocycles. The molecule has 1 aromatic carbocycles. The normalized spacial score (nSPS) is 14.6. The number of halogens is 2. The number of aromatic nitrogens is 3. The Kier molecular flexibility index (Phi) is 6.13. The van der Waals surface area contributed by atoms with Gasteiger partial charge >= 0.3 is 0 Å². The summed E-state index contributed by atoms with van der Waals surface area (Å²) >= 11 is 14.1. The first-order valence-corrected chi connectivity index (χ1v) is 11.3. The number of carbonyl (C=O) groups excluding carboxylic acids is 1. The summed E-state index contributed by atoms with van der Waals surface area (Å²) in [4.78, 5) is 26.2. The number of aryl methyl sites for hydroxylation is 2. The van der Waals surface area contributed by atoms with Crippen LogP contribution >= 0.6 is 34.5 Å². The van der Waals surface area contributed by atoms with Gasteiger partial charge in [-0.15, -0.1) is 11.3 Å². The van der Waals surface area contributed by atoms with Crippen LogP contribution in [0.1, 0.15) is 47.6 Å². The molecule has 2 aromatic heterocycles. The summed E-state index contributed by atoms with van der Waals surface area (Å²) in [5.41, 5.74) is 3.69. The number of thiazole rings is 1. The van der Waals surface area contributed by atoms with Crippen molar-refractivity contribution >= 4 is 62.6 Å². The van der Waals surface area contributed by atoms with E-state index in [0.717, 1.165) is 42.4 Å². The van der Waals surface area contributed by atoms with E-state index < -0.39 is 0 Å². The van der Waals surface area contributed by atoms with Gasteiger partial charge in [-0.3, -0.25) is 10.1 Å². The van der Waals surface area contributed by atoms with Gasteiger partial charge in [0.15, 0.2) is 5.13 Å². The smallest absolute Gasteiger partial charge is 0.257 e. The van der Waals surface area contributed by atoms with Crippen LogP contribution in [-0.2, 0) is 12.8 Å². The Morgan fingerprint density at radius 2 is 2.10 bits per heavy atom. The molecule has 2 heterocycles. The Bertz CT molecular complexity index is 1150. The number of rotatable bonds is 6. The molecule has 0 atom stereocenters. The Hall–Kier alpha value is -2.35. The number of H-pyrrole nitrogens is 1. The molecule has 1 aliphatic carbocycles. The third kappa shape index (κ3) is 4.38. The summed E-state index contributed by atoms with van der Waals surface area (Å²) < 4.78 is 0. The van der Waals surface area contributed by atoms with Crippen LogP contribution in [0.4, 0.5) is 11.1 Å². The number of nitrogens with one attached hydrogen (secondary N) is 3. The van der Waals surface area contributed by atoms with Crippen LogP contribution in [0.15, 0.2) is 40.0 Å². The lowest BCUT2D eigenvalue weighted by atomic mass is 10.2. The lowest BCUT2D eigenvalue weighted by Crippen LogP contribution is -2.11. The number of aromatic amines is 1. The van der Waals surface area contributed by atoms with Crippen molar-refractivity contribution in [1.82, 2.24) is 15.0 Å². The van der Waals surface area contributed by atoms with Gasteiger partial charge in [0.05, 0.1) is 27.5 Å². The molecule has 0 unspecified atom stereocenters. The van der Waals surface area contributed by atoms with E-state index in [-0.39, 0.29) is 5.91 Å². The van der Waals surface area contributed by atoms with Crippen LogP contribution in [0, 0.1) is 0 Å². The van der Waals surface area contributed by atoms with Gasteiger partial charge in [-0.2, -0.15) is 0 Å². The van der Waals surface area contributed by atoms with Gasteiger partial charge in [0.2, 0.25) is 5.95 Å². The summed E-state index contributed by atoms with van der Waals surface area (Å²) in [5, 5.41) is 7.75. The first-order valence-electron chi connectivity index (χ1n) is 9.73. The van der Waals surface area contributed by atoms with Crippen LogP contribution in [-0.4, -0.2) is 20.9 Å². The van der Waals surface area contributed by atoms with Crippen LogP contribution < -0.4 is 10.6 Å². The molecule has 4 rings (SSSR count). The van der Waals surface area contributed by atoms with Gasteiger partial charge in [-0.25, -0.2) is 9.97 Å². The highest BCUT2D eigenvalue weighted by Crippen LogP contribution is 2.31. The van der Waals surface area contributed by atoms with Crippen LogP contribution in [0.2, 0.25) is 0 Å². The fourth-order valence-electron chi connectivity index (χ4n) is 3.33. The number of amides is 1. The zero-order valence-electron chi connectivity index (χ0n) is 16.6.